The highest BCUT2D eigenvalue weighted by molar-refractivity contribution is 9.10. The zero-order chi connectivity index (χ0) is 17.4. The number of unbranched alkanes of at least 4 members (excludes halogenated alkanes) is 2. The molecule has 0 spiro atoms. The highest BCUT2D eigenvalue weighted by Crippen LogP contribution is 2.16. The number of carbonyl (C=O) groups is 2. The molecule has 5 nitrogen and oxygen atoms in total. The molecule has 0 aliphatic carbocycles. The lowest BCUT2D eigenvalue weighted by atomic mass is 10.2. The van der Waals surface area contributed by atoms with Gasteiger partial charge in [0.25, 0.3) is 11.8 Å². The van der Waals surface area contributed by atoms with E-state index in [2.05, 4.69) is 38.5 Å². The molecule has 0 saturated heterocycles. The number of hydrogen-bond acceptors (Lipinski definition) is 3. The van der Waals surface area contributed by atoms with Crippen molar-refractivity contribution in [3.8, 4) is 0 Å². The maximum Gasteiger partial charge on any atom is 0.274 e. The summed E-state index contributed by atoms with van der Waals surface area (Å²) in [5, 5.41) is 5.58. The van der Waals surface area contributed by atoms with Crippen LogP contribution in [0.15, 0.2) is 46.9 Å². The Morgan fingerprint density at radius 2 is 1.75 bits per heavy atom. The van der Waals surface area contributed by atoms with Crippen LogP contribution in [-0.2, 0) is 0 Å². The number of nitrogens with one attached hydrogen (secondary N) is 2. The number of amides is 2. The SMILES string of the molecule is CCCCCNC(=O)c1cccc(C(=O)Nc2cccc(Br)c2)n1. The molecule has 0 fully saturated rings. The number of benzene rings is 1. The predicted molar refractivity (Wildman–Crippen MR) is 98.2 cm³/mol. The molecule has 0 unspecified atom stereocenters. The minimum Gasteiger partial charge on any atom is -0.351 e. The van der Waals surface area contributed by atoms with Gasteiger partial charge in [0, 0.05) is 16.7 Å². The van der Waals surface area contributed by atoms with Gasteiger partial charge in [-0.25, -0.2) is 4.98 Å². The molecule has 0 bridgehead atoms. The quantitative estimate of drug-likeness (QED) is 0.702. The van der Waals surface area contributed by atoms with Crippen molar-refractivity contribution in [2.45, 2.75) is 26.2 Å². The number of pyridine rings is 1. The molecular formula is C18H20BrN3O2. The van der Waals surface area contributed by atoms with Crippen LogP contribution >= 0.6 is 15.9 Å². The summed E-state index contributed by atoms with van der Waals surface area (Å²) in [6, 6.07) is 12.1. The molecule has 0 radical (unpaired) electrons. The van der Waals surface area contributed by atoms with Crippen LogP contribution in [0.5, 0.6) is 0 Å². The lowest BCUT2D eigenvalue weighted by Crippen LogP contribution is -2.26. The Kier molecular flexibility index (Phi) is 6.93. The monoisotopic (exact) mass is 389 g/mol. The second kappa shape index (κ2) is 9.17. The van der Waals surface area contributed by atoms with Gasteiger partial charge in [0.15, 0.2) is 0 Å². The molecule has 2 aromatic rings. The Morgan fingerprint density at radius 1 is 1.04 bits per heavy atom. The van der Waals surface area contributed by atoms with E-state index in [0.717, 1.165) is 23.7 Å². The summed E-state index contributed by atoms with van der Waals surface area (Å²) in [5.41, 5.74) is 1.11. The van der Waals surface area contributed by atoms with Crippen LogP contribution in [-0.4, -0.2) is 23.3 Å². The van der Waals surface area contributed by atoms with Crippen LogP contribution in [0.25, 0.3) is 0 Å². The third-order valence-corrected chi connectivity index (χ3v) is 3.86. The molecular weight excluding hydrogens is 370 g/mol. The van der Waals surface area contributed by atoms with Crippen molar-refractivity contribution >= 4 is 33.4 Å². The number of halogens is 1. The molecule has 6 heteroatoms. The van der Waals surface area contributed by atoms with E-state index >= 15 is 0 Å². The first-order valence-corrected chi connectivity index (χ1v) is 8.71. The fourth-order valence-electron chi connectivity index (χ4n) is 2.12. The average Bonchev–Trinajstić information content (AvgIpc) is 2.58. The first-order valence-electron chi connectivity index (χ1n) is 7.92. The molecule has 1 aromatic carbocycles. The number of hydrogen-bond donors (Lipinski definition) is 2. The van der Waals surface area contributed by atoms with E-state index in [1.54, 1.807) is 30.3 Å². The van der Waals surface area contributed by atoms with Gasteiger partial charge in [0.2, 0.25) is 0 Å². The second-order valence-electron chi connectivity index (χ2n) is 5.34. The van der Waals surface area contributed by atoms with Crippen LogP contribution in [0, 0.1) is 0 Å². The summed E-state index contributed by atoms with van der Waals surface area (Å²) in [6.45, 7) is 2.72. The Labute approximate surface area is 150 Å². The van der Waals surface area contributed by atoms with Crippen molar-refractivity contribution in [3.63, 3.8) is 0 Å². The summed E-state index contributed by atoms with van der Waals surface area (Å²) in [6.07, 6.45) is 3.10. The fourth-order valence-corrected chi connectivity index (χ4v) is 2.52. The van der Waals surface area contributed by atoms with Gasteiger partial charge in [0.1, 0.15) is 11.4 Å². The van der Waals surface area contributed by atoms with Crippen molar-refractivity contribution in [2.75, 3.05) is 11.9 Å². The first kappa shape index (κ1) is 18.1. The molecule has 0 aliphatic rings. The number of nitrogens with zero attached hydrogens (tertiary/aromatic N) is 1. The van der Waals surface area contributed by atoms with Crippen LogP contribution in [0.3, 0.4) is 0 Å². The maximum atomic E-state index is 12.3. The average molecular weight is 390 g/mol. The molecule has 1 heterocycles. The minimum absolute atomic E-state index is 0.205. The lowest BCUT2D eigenvalue weighted by Gasteiger charge is -2.07. The van der Waals surface area contributed by atoms with Gasteiger partial charge in [-0.3, -0.25) is 9.59 Å². The standard InChI is InChI=1S/C18H20BrN3O2/c1-2-3-4-11-20-17(23)15-9-6-10-16(22-15)18(24)21-14-8-5-7-13(19)12-14/h5-10,12H,2-4,11H2,1H3,(H,20,23)(H,21,24). The zero-order valence-corrected chi connectivity index (χ0v) is 15.1. The van der Waals surface area contributed by atoms with Crippen LogP contribution in [0.4, 0.5) is 5.69 Å². The summed E-state index contributed by atoms with van der Waals surface area (Å²) in [5.74, 6) is -0.614. The van der Waals surface area contributed by atoms with Gasteiger partial charge in [0.05, 0.1) is 0 Å². The second-order valence-corrected chi connectivity index (χ2v) is 6.25. The maximum absolute atomic E-state index is 12.3. The van der Waals surface area contributed by atoms with Gasteiger partial charge >= 0.3 is 0 Å². The molecule has 0 atom stereocenters. The van der Waals surface area contributed by atoms with Crippen molar-refractivity contribution in [3.05, 3.63) is 58.3 Å². The van der Waals surface area contributed by atoms with E-state index < -0.39 is 0 Å². The van der Waals surface area contributed by atoms with E-state index in [9.17, 15) is 9.59 Å². The van der Waals surface area contributed by atoms with Gasteiger partial charge < -0.3 is 10.6 Å². The summed E-state index contributed by atoms with van der Waals surface area (Å²) >= 11 is 3.35. The van der Waals surface area contributed by atoms with Crippen molar-refractivity contribution in [1.29, 1.82) is 0 Å². The van der Waals surface area contributed by atoms with Crippen molar-refractivity contribution in [1.82, 2.24) is 10.3 Å². The Hall–Kier alpha value is -2.21. The van der Waals surface area contributed by atoms with Crippen LogP contribution < -0.4 is 10.6 Å². The number of rotatable bonds is 7. The number of aromatic nitrogens is 1. The first-order chi connectivity index (χ1) is 11.6. The topological polar surface area (TPSA) is 71.1 Å². The van der Waals surface area contributed by atoms with E-state index in [1.165, 1.54) is 0 Å². The van der Waals surface area contributed by atoms with Gasteiger partial charge in [-0.05, 0) is 36.8 Å². The van der Waals surface area contributed by atoms with Gasteiger partial charge in [-0.2, -0.15) is 0 Å². The highest BCUT2D eigenvalue weighted by atomic mass is 79.9. The van der Waals surface area contributed by atoms with Crippen LogP contribution in [0.2, 0.25) is 0 Å². The number of anilines is 1. The molecule has 24 heavy (non-hydrogen) atoms. The van der Waals surface area contributed by atoms with Gasteiger partial charge in [-0.1, -0.05) is 47.8 Å². The molecule has 0 saturated carbocycles. The summed E-state index contributed by atoms with van der Waals surface area (Å²) < 4.78 is 0.869. The Bertz CT molecular complexity index is 719. The van der Waals surface area contributed by atoms with Gasteiger partial charge in [-0.15, -0.1) is 0 Å². The van der Waals surface area contributed by atoms with E-state index in [0.29, 0.717) is 12.2 Å². The Balaban J connectivity index is 2.01. The van der Waals surface area contributed by atoms with Crippen molar-refractivity contribution < 1.29 is 9.59 Å². The zero-order valence-electron chi connectivity index (χ0n) is 13.5. The summed E-state index contributed by atoms with van der Waals surface area (Å²) in [7, 11) is 0. The molecule has 126 valence electrons. The Morgan fingerprint density at radius 3 is 2.46 bits per heavy atom. The smallest absolute Gasteiger partial charge is 0.274 e. The highest BCUT2D eigenvalue weighted by Gasteiger charge is 2.12. The third-order valence-electron chi connectivity index (χ3n) is 3.36. The van der Waals surface area contributed by atoms with E-state index in [1.807, 2.05) is 12.1 Å². The van der Waals surface area contributed by atoms with Crippen LogP contribution in [0.1, 0.15) is 47.2 Å². The molecule has 1 aromatic heterocycles. The number of carbonyl (C=O) groups excluding carboxylic acids is 2. The summed E-state index contributed by atoms with van der Waals surface area (Å²) in [4.78, 5) is 28.5. The molecule has 0 aliphatic heterocycles. The molecule has 2 rings (SSSR count). The van der Waals surface area contributed by atoms with Crippen molar-refractivity contribution in [2.24, 2.45) is 0 Å². The third kappa shape index (κ3) is 5.45. The predicted octanol–water partition coefficient (Wildman–Crippen LogP) is 4.02. The molecule has 2 amide bonds. The largest absolute Gasteiger partial charge is 0.351 e. The normalized spacial score (nSPS) is 10.2. The molecule has 2 N–H and O–H groups in total. The lowest BCUT2D eigenvalue weighted by molar-refractivity contribution is 0.0948. The fraction of sp³-hybridized carbons (Fsp3) is 0.278. The minimum atomic E-state index is -0.353. The van der Waals surface area contributed by atoms with E-state index in [-0.39, 0.29) is 23.2 Å². The van der Waals surface area contributed by atoms with E-state index in [4.69, 9.17) is 0 Å².